The zero-order valence-electron chi connectivity index (χ0n) is 14.0. The summed E-state index contributed by atoms with van der Waals surface area (Å²) >= 11 is 0. The topological polar surface area (TPSA) is 82.8 Å². The number of fused-ring (bicyclic) bond motifs is 1. The van der Waals surface area contributed by atoms with Gasteiger partial charge in [0.25, 0.3) is 0 Å². The standard InChI is InChI=1S/C17H21N5OS/c1-11-9-10-22(11)17-20-13-6-3-5-12(13)16(21-17)14-7-4-8-15(19-14)24(2,18)23/h4,7-8,11,18H,3,5-6,9-10H2,1-2H3/t11-,24?/m0/s1. The first-order valence-electron chi connectivity index (χ1n) is 8.31. The largest absolute Gasteiger partial charge is 0.338 e. The Morgan fingerprint density at radius 3 is 2.75 bits per heavy atom. The molecule has 3 heterocycles. The fourth-order valence-electron chi connectivity index (χ4n) is 3.34. The van der Waals surface area contributed by atoms with Crippen LogP contribution in [-0.2, 0) is 22.6 Å². The van der Waals surface area contributed by atoms with Gasteiger partial charge in [0.05, 0.1) is 21.1 Å². The van der Waals surface area contributed by atoms with Gasteiger partial charge in [-0.1, -0.05) is 6.07 Å². The molecule has 0 radical (unpaired) electrons. The fourth-order valence-corrected chi connectivity index (χ4v) is 3.95. The number of anilines is 1. The molecule has 24 heavy (non-hydrogen) atoms. The molecule has 2 aliphatic rings. The van der Waals surface area contributed by atoms with Gasteiger partial charge in [0, 0.05) is 30.1 Å². The Labute approximate surface area is 142 Å². The van der Waals surface area contributed by atoms with Crippen molar-refractivity contribution in [1.29, 1.82) is 4.78 Å². The van der Waals surface area contributed by atoms with Gasteiger partial charge < -0.3 is 4.90 Å². The number of hydrogen-bond donors (Lipinski definition) is 1. The highest BCUT2D eigenvalue weighted by molar-refractivity contribution is 7.91. The lowest BCUT2D eigenvalue weighted by Gasteiger charge is -2.39. The van der Waals surface area contributed by atoms with Gasteiger partial charge in [-0.2, -0.15) is 0 Å². The molecule has 4 rings (SSSR count). The molecule has 1 aliphatic carbocycles. The smallest absolute Gasteiger partial charge is 0.226 e. The average molecular weight is 343 g/mol. The third-order valence-corrected chi connectivity index (χ3v) is 5.89. The molecule has 1 N–H and O–H groups in total. The summed E-state index contributed by atoms with van der Waals surface area (Å²) in [5, 5.41) is 0.309. The second kappa shape index (κ2) is 5.51. The third kappa shape index (κ3) is 2.56. The van der Waals surface area contributed by atoms with Crippen molar-refractivity contribution in [2.45, 2.75) is 43.7 Å². The minimum atomic E-state index is -2.84. The summed E-state index contributed by atoms with van der Waals surface area (Å²) in [6.45, 7) is 3.17. The summed E-state index contributed by atoms with van der Waals surface area (Å²) < 4.78 is 19.8. The van der Waals surface area contributed by atoms with E-state index in [-0.39, 0.29) is 0 Å². The quantitative estimate of drug-likeness (QED) is 0.926. The van der Waals surface area contributed by atoms with Gasteiger partial charge >= 0.3 is 0 Å². The predicted octanol–water partition coefficient (Wildman–Crippen LogP) is 2.66. The summed E-state index contributed by atoms with van der Waals surface area (Å²) in [4.78, 5) is 16.3. The normalized spacial score (nSPS) is 21.9. The van der Waals surface area contributed by atoms with Crippen LogP contribution >= 0.6 is 0 Å². The van der Waals surface area contributed by atoms with Gasteiger partial charge in [0.15, 0.2) is 0 Å². The molecule has 0 bridgehead atoms. The molecule has 2 aromatic heterocycles. The maximum atomic E-state index is 12.0. The van der Waals surface area contributed by atoms with Crippen LogP contribution in [0, 0.1) is 4.78 Å². The second-order valence-electron chi connectivity index (χ2n) is 6.69. The van der Waals surface area contributed by atoms with Crippen LogP contribution in [0.15, 0.2) is 23.2 Å². The Morgan fingerprint density at radius 2 is 2.08 bits per heavy atom. The van der Waals surface area contributed by atoms with E-state index in [1.165, 1.54) is 12.7 Å². The van der Waals surface area contributed by atoms with Crippen LogP contribution in [0.3, 0.4) is 0 Å². The highest BCUT2D eigenvalue weighted by Crippen LogP contribution is 2.33. The van der Waals surface area contributed by atoms with E-state index in [4.69, 9.17) is 14.7 Å². The van der Waals surface area contributed by atoms with E-state index < -0.39 is 9.73 Å². The number of rotatable bonds is 3. The highest BCUT2D eigenvalue weighted by atomic mass is 32.2. The number of aryl methyl sites for hydroxylation is 1. The molecule has 1 fully saturated rings. The zero-order chi connectivity index (χ0) is 16.9. The van der Waals surface area contributed by atoms with E-state index in [0.29, 0.717) is 16.8 Å². The van der Waals surface area contributed by atoms with Crippen LogP contribution in [0.25, 0.3) is 11.4 Å². The molecule has 6 nitrogen and oxygen atoms in total. The van der Waals surface area contributed by atoms with Crippen LogP contribution in [0.5, 0.6) is 0 Å². The molecule has 2 aromatic rings. The Bertz CT molecular complexity index is 909. The first-order valence-corrected chi connectivity index (χ1v) is 10.3. The van der Waals surface area contributed by atoms with Gasteiger partial charge in [-0.3, -0.25) is 0 Å². The summed E-state index contributed by atoms with van der Waals surface area (Å²) in [6, 6.07) is 5.82. The van der Waals surface area contributed by atoms with Crippen molar-refractivity contribution < 1.29 is 4.21 Å². The lowest BCUT2D eigenvalue weighted by Crippen LogP contribution is -2.46. The number of nitrogens with zero attached hydrogens (tertiary/aromatic N) is 4. The average Bonchev–Trinajstić information content (AvgIpc) is 3.00. The van der Waals surface area contributed by atoms with Gasteiger partial charge in [0.1, 0.15) is 5.03 Å². The van der Waals surface area contributed by atoms with Gasteiger partial charge in [-0.15, -0.1) is 0 Å². The molecule has 0 spiro atoms. The Balaban J connectivity index is 1.86. The summed E-state index contributed by atoms with van der Waals surface area (Å²) in [5.74, 6) is 0.778. The van der Waals surface area contributed by atoms with Crippen molar-refractivity contribution in [3.8, 4) is 11.4 Å². The van der Waals surface area contributed by atoms with Gasteiger partial charge in [-0.05, 0) is 44.7 Å². The van der Waals surface area contributed by atoms with Crippen LogP contribution in [0.4, 0.5) is 5.95 Å². The maximum absolute atomic E-state index is 12.0. The fraction of sp³-hybridized carbons (Fsp3) is 0.471. The minimum absolute atomic E-state index is 0.309. The van der Waals surface area contributed by atoms with Crippen molar-refractivity contribution >= 4 is 15.7 Å². The maximum Gasteiger partial charge on any atom is 0.226 e. The number of hydrogen-bond acceptors (Lipinski definition) is 6. The van der Waals surface area contributed by atoms with Gasteiger partial charge in [-0.25, -0.2) is 23.9 Å². The van der Waals surface area contributed by atoms with E-state index in [2.05, 4.69) is 16.8 Å². The Kier molecular flexibility index (Phi) is 3.56. The van der Waals surface area contributed by atoms with Crippen LogP contribution in [0.1, 0.15) is 31.0 Å². The molecule has 1 saturated heterocycles. The number of pyridine rings is 1. The third-order valence-electron chi connectivity index (χ3n) is 4.86. The predicted molar refractivity (Wildman–Crippen MR) is 93.8 cm³/mol. The molecule has 0 amide bonds. The van der Waals surface area contributed by atoms with E-state index >= 15 is 0 Å². The van der Waals surface area contributed by atoms with Crippen molar-refractivity contribution in [3.63, 3.8) is 0 Å². The molecule has 1 unspecified atom stereocenters. The Morgan fingerprint density at radius 1 is 1.25 bits per heavy atom. The SMILES string of the molecule is C[C@H]1CCN1c1nc2c(c(-c3cccc(S(C)(=N)=O)n3)n1)CCC2. The lowest BCUT2D eigenvalue weighted by molar-refractivity contribution is 0.470. The zero-order valence-corrected chi connectivity index (χ0v) is 14.8. The van der Waals surface area contributed by atoms with Crippen molar-refractivity contribution in [3.05, 3.63) is 29.5 Å². The molecule has 1 aliphatic heterocycles. The van der Waals surface area contributed by atoms with E-state index in [0.717, 1.165) is 48.7 Å². The minimum Gasteiger partial charge on any atom is -0.338 e. The van der Waals surface area contributed by atoms with E-state index in [1.807, 2.05) is 12.1 Å². The molecule has 0 aromatic carbocycles. The molecule has 126 valence electrons. The lowest BCUT2D eigenvalue weighted by atomic mass is 10.1. The summed E-state index contributed by atoms with van der Waals surface area (Å²) in [7, 11) is -2.84. The molecule has 7 heteroatoms. The molecular formula is C17H21N5OS. The van der Waals surface area contributed by atoms with Crippen LogP contribution < -0.4 is 4.90 Å². The van der Waals surface area contributed by atoms with E-state index in [1.54, 1.807) is 6.07 Å². The second-order valence-corrected chi connectivity index (χ2v) is 8.79. The van der Waals surface area contributed by atoms with E-state index in [9.17, 15) is 4.21 Å². The molecule has 2 atom stereocenters. The summed E-state index contributed by atoms with van der Waals surface area (Å²) in [5.41, 5.74) is 3.81. The number of nitrogens with one attached hydrogen (secondary N) is 1. The number of aromatic nitrogens is 3. The highest BCUT2D eigenvalue weighted by Gasteiger charge is 2.29. The van der Waals surface area contributed by atoms with Crippen molar-refractivity contribution in [1.82, 2.24) is 15.0 Å². The molecular weight excluding hydrogens is 322 g/mol. The first-order chi connectivity index (χ1) is 11.4. The van der Waals surface area contributed by atoms with Crippen LogP contribution in [0.2, 0.25) is 0 Å². The van der Waals surface area contributed by atoms with Crippen LogP contribution in [-0.4, -0.2) is 38.0 Å². The molecule has 0 saturated carbocycles. The van der Waals surface area contributed by atoms with Crippen molar-refractivity contribution in [2.75, 3.05) is 17.7 Å². The summed E-state index contributed by atoms with van der Waals surface area (Å²) in [6.07, 6.45) is 5.58. The van der Waals surface area contributed by atoms with Gasteiger partial charge in [0.2, 0.25) is 5.95 Å². The Hall–Kier alpha value is -2.02. The van der Waals surface area contributed by atoms with Crippen molar-refractivity contribution in [2.24, 2.45) is 0 Å². The monoisotopic (exact) mass is 343 g/mol. The first kappa shape index (κ1) is 15.5.